The largest absolute Gasteiger partial charge is 0.338 e. The Bertz CT molecular complexity index is 255. The number of fused-ring (bicyclic) bond motifs is 2. The average Bonchev–Trinajstić information content (AvgIpc) is 2.28. The Kier molecular flexibility index (Phi) is 4.26. The molecule has 2 aliphatic heterocycles. The first-order chi connectivity index (χ1) is 8.20. The first-order valence-corrected chi connectivity index (χ1v) is 6.97. The van der Waals surface area contributed by atoms with Crippen molar-refractivity contribution in [3.05, 3.63) is 0 Å². The first-order valence-electron chi connectivity index (χ1n) is 6.97. The number of carbonyl (C=O) groups excluding carboxylic acids is 1. The van der Waals surface area contributed by atoms with E-state index < -0.39 is 0 Å². The lowest BCUT2D eigenvalue weighted by Gasteiger charge is -2.47. The van der Waals surface area contributed by atoms with Gasteiger partial charge in [0, 0.05) is 24.7 Å². The lowest BCUT2D eigenvalue weighted by Crippen LogP contribution is -2.56. The topological polar surface area (TPSA) is 44.4 Å². The summed E-state index contributed by atoms with van der Waals surface area (Å²) < 4.78 is 0. The predicted octanol–water partition coefficient (Wildman–Crippen LogP) is 1.71. The van der Waals surface area contributed by atoms with Crippen LogP contribution in [0.15, 0.2) is 0 Å². The van der Waals surface area contributed by atoms with Gasteiger partial charge in [-0.3, -0.25) is 0 Å². The Morgan fingerprint density at radius 1 is 1.29 bits per heavy atom. The molecule has 2 N–H and O–H groups in total. The van der Waals surface area contributed by atoms with E-state index in [1.165, 1.54) is 19.3 Å². The third-order valence-electron chi connectivity index (χ3n) is 4.21. The second-order valence-electron chi connectivity index (χ2n) is 5.47. The Morgan fingerprint density at radius 2 is 1.94 bits per heavy atom. The number of nitrogens with zero attached hydrogens (tertiary/aromatic N) is 1. The summed E-state index contributed by atoms with van der Waals surface area (Å²) in [5.41, 5.74) is 0. The number of hydrogen-bond donors (Lipinski definition) is 2. The maximum atomic E-state index is 11.6. The number of hydrogen-bond acceptors (Lipinski definition) is 2. The van der Waals surface area contributed by atoms with E-state index in [1.54, 1.807) is 0 Å². The van der Waals surface area contributed by atoms with Gasteiger partial charge in [-0.2, -0.15) is 0 Å². The number of urea groups is 1. The molecule has 2 atom stereocenters. The Labute approximate surface area is 104 Å². The molecule has 0 aromatic carbocycles. The SMILES string of the molecule is CCCNC(=O)NC1CC2CCCC(C1)N2C. The van der Waals surface area contributed by atoms with Crippen LogP contribution in [-0.4, -0.2) is 42.6 Å². The molecular weight excluding hydrogens is 214 g/mol. The monoisotopic (exact) mass is 239 g/mol. The number of amides is 2. The maximum Gasteiger partial charge on any atom is 0.315 e. The zero-order chi connectivity index (χ0) is 12.3. The van der Waals surface area contributed by atoms with E-state index in [0.29, 0.717) is 18.1 Å². The summed E-state index contributed by atoms with van der Waals surface area (Å²) in [5.74, 6) is 0. The standard InChI is InChI=1S/C13H25N3O/c1-3-7-14-13(17)15-10-8-11-5-4-6-12(9-10)16(11)2/h10-12H,3-9H2,1-2H3,(H2,14,15,17). The Hall–Kier alpha value is -0.770. The molecule has 0 spiro atoms. The summed E-state index contributed by atoms with van der Waals surface area (Å²) >= 11 is 0. The van der Waals surface area contributed by atoms with Gasteiger partial charge in [-0.05, 0) is 39.2 Å². The van der Waals surface area contributed by atoms with Crippen molar-refractivity contribution in [1.29, 1.82) is 0 Å². The third kappa shape index (κ3) is 3.12. The number of rotatable bonds is 3. The highest BCUT2D eigenvalue weighted by molar-refractivity contribution is 5.74. The third-order valence-corrected chi connectivity index (χ3v) is 4.21. The van der Waals surface area contributed by atoms with E-state index in [-0.39, 0.29) is 6.03 Å². The highest BCUT2D eigenvalue weighted by atomic mass is 16.2. The van der Waals surface area contributed by atoms with Gasteiger partial charge in [0.1, 0.15) is 0 Å². The molecule has 2 heterocycles. The van der Waals surface area contributed by atoms with Gasteiger partial charge in [-0.1, -0.05) is 13.3 Å². The summed E-state index contributed by atoms with van der Waals surface area (Å²) in [6.07, 6.45) is 7.17. The Morgan fingerprint density at radius 3 is 2.53 bits per heavy atom. The molecule has 0 aromatic rings. The molecule has 0 radical (unpaired) electrons. The molecule has 4 heteroatoms. The molecule has 2 bridgehead atoms. The van der Waals surface area contributed by atoms with Crippen molar-refractivity contribution in [3.63, 3.8) is 0 Å². The van der Waals surface area contributed by atoms with Crippen LogP contribution in [0, 0.1) is 0 Å². The molecule has 98 valence electrons. The van der Waals surface area contributed by atoms with Gasteiger partial charge in [0.2, 0.25) is 0 Å². The van der Waals surface area contributed by atoms with Gasteiger partial charge in [0.25, 0.3) is 0 Å². The molecule has 0 saturated carbocycles. The van der Waals surface area contributed by atoms with Gasteiger partial charge in [-0.15, -0.1) is 0 Å². The second-order valence-corrected chi connectivity index (χ2v) is 5.47. The molecule has 2 saturated heterocycles. The number of piperidine rings is 2. The molecule has 2 unspecified atom stereocenters. The van der Waals surface area contributed by atoms with Crippen LogP contribution in [0.5, 0.6) is 0 Å². The smallest absolute Gasteiger partial charge is 0.315 e. The van der Waals surface area contributed by atoms with Gasteiger partial charge in [0.15, 0.2) is 0 Å². The average molecular weight is 239 g/mol. The van der Waals surface area contributed by atoms with E-state index in [0.717, 1.165) is 25.8 Å². The minimum Gasteiger partial charge on any atom is -0.338 e. The van der Waals surface area contributed by atoms with Gasteiger partial charge >= 0.3 is 6.03 Å². The zero-order valence-electron chi connectivity index (χ0n) is 11.0. The fraction of sp³-hybridized carbons (Fsp3) is 0.923. The zero-order valence-corrected chi connectivity index (χ0v) is 11.0. The van der Waals surface area contributed by atoms with Crippen LogP contribution in [0.25, 0.3) is 0 Å². The van der Waals surface area contributed by atoms with Crippen LogP contribution in [0.3, 0.4) is 0 Å². The number of carbonyl (C=O) groups is 1. The highest BCUT2D eigenvalue weighted by Gasteiger charge is 2.36. The van der Waals surface area contributed by atoms with E-state index in [9.17, 15) is 4.79 Å². The van der Waals surface area contributed by atoms with Crippen LogP contribution >= 0.6 is 0 Å². The van der Waals surface area contributed by atoms with Crippen LogP contribution in [0.1, 0.15) is 45.4 Å². The maximum absolute atomic E-state index is 11.6. The molecule has 2 rings (SSSR count). The van der Waals surface area contributed by atoms with E-state index in [4.69, 9.17) is 0 Å². The van der Waals surface area contributed by atoms with Crippen molar-refractivity contribution in [2.45, 2.75) is 63.6 Å². The highest BCUT2D eigenvalue weighted by Crippen LogP contribution is 2.32. The lowest BCUT2D eigenvalue weighted by molar-refractivity contribution is 0.0509. The van der Waals surface area contributed by atoms with Gasteiger partial charge in [0.05, 0.1) is 0 Å². The normalized spacial score (nSPS) is 33.2. The van der Waals surface area contributed by atoms with Crippen LogP contribution in [0.4, 0.5) is 4.79 Å². The summed E-state index contributed by atoms with van der Waals surface area (Å²) in [6.45, 7) is 2.84. The molecule has 2 aliphatic rings. The molecule has 2 amide bonds. The summed E-state index contributed by atoms with van der Waals surface area (Å²) in [6, 6.07) is 1.75. The van der Waals surface area contributed by atoms with Crippen LogP contribution in [0.2, 0.25) is 0 Å². The molecule has 17 heavy (non-hydrogen) atoms. The Balaban J connectivity index is 1.81. The fourth-order valence-electron chi connectivity index (χ4n) is 3.21. The first kappa shape index (κ1) is 12.7. The lowest BCUT2D eigenvalue weighted by atomic mass is 9.82. The number of nitrogens with one attached hydrogen (secondary N) is 2. The summed E-state index contributed by atoms with van der Waals surface area (Å²) in [7, 11) is 2.24. The minimum atomic E-state index is 0.0134. The second kappa shape index (κ2) is 5.71. The van der Waals surface area contributed by atoms with Crippen molar-refractivity contribution < 1.29 is 4.79 Å². The summed E-state index contributed by atoms with van der Waals surface area (Å²) in [5, 5.41) is 6.02. The minimum absolute atomic E-state index is 0.0134. The van der Waals surface area contributed by atoms with Crippen molar-refractivity contribution in [1.82, 2.24) is 15.5 Å². The van der Waals surface area contributed by atoms with Crippen molar-refractivity contribution >= 4 is 6.03 Å². The molecule has 0 aromatic heterocycles. The predicted molar refractivity (Wildman–Crippen MR) is 69.0 cm³/mol. The van der Waals surface area contributed by atoms with E-state index in [2.05, 4.69) is 29.5 Å². The molecule has 2 fully saturated rings. The molecule has 0 aliphatic carbocycles. The van der Waals surface area contributed by atoms with Crippen molar-refractivity contribution in [3.8, 4) is 0 Å². The van der Waals surface area contributed by atoms with E-state index in [1.807, 2.05) is 0 Å². The fourth-order valence-corrected chi connectivity index (χ4v) is 3.21. The van der Waals surface area contributed by atoms with Crippen molar-refractivity contribution in [2.75, 3.05) is 13.6 Å². The van der Waals surface area contributed by atoms with Crippen LogP contribution in [-0.2, 0) is 0 Å². The summed E-state index contributed by atoms with van der Waals surface area (Å²) in [4.78, 5) is 14.2. The molecule has 4 nitrogen and oxygen atoms in total. The van der Waals surface area contributed by atoms with Crippen LogP contribution < -0.4 is 10.6 Å². The quantitative estimate of drug-likeness (QED) is 0.787. The van der Waals surface area contributed by atoms with E-state index >= 15 is 0 Å². The van der Waals surface area contributed by atoms with Gasteiger partial charge in [-0.25, -0.2) is 4.79 Å². The van der Waals surface area contributed by atoms with Crippen molar-refractivity contribution in [2.24, 2.45) is 0 Å². The molecular formula is C13H25N3O. The van der Waals surface area contributed by atoms with Gasteiger partial charge < -0.3 is 15.5 Å².